The summed E-state index contributed by atoms with van der Waals surface area (Å²) in [4.78, 5) is 6.05. The standard InChI is InChI=1S/C39H44N4O6/c44-19-9-7-15-28-21-31-33(41-48-25-26-11-3-1-4-12-26)23-36(43-34(24-40-42-43)27-13-5-2-6-14-27)39(47)38(31)37(30(28)16-8-10-20-45)32-22-29(46)17-18-35(32)49-39/h1-6,11-14,17-18,21-22,24,28,30,36-38,44-47H,7-10,15-16,19-20,23,25H2. The molecule has 0 radical (unpaired) electrons. The van der Waals surface area contributed by atoms with Crippen LogP contribution in [0.3, 0.4) is 0 Å². The fraction of sp³-hybridized carbons (Fsp3) is 0.410. The minimum Gasteiger partial charge on any atom is -0.508 e. The lowest BCUT2D eigenvalue weighted by molar-refractivity contribution is -0.224. The van der Waals surface area contributed by atoms with Crippen LogP contribution >= 0.6 is 0 Å². The second-order valence-corrected chi connectivity index (χ2v) is 13.4. The Morgan fingerprint density at radius 1 is 0.918 bits per heavy atom. The van der Waals surface area contributed by atoms with Crippen molar-refractivity contribution in [2.24, 2.45) is 22.9 Å². The van der Waals surface area contributed by atoms with Gasteiger partial charge in [-0.25, -0.2) is 4.68 Å². The minimum atomic E-state index is -1.75. The number of oxime groups is 1. The van der Waals surface area contributed by atoms with Crippen LogP contribution in [0, 0.1) is 17.8 Å². The summed E-state index contributed by atoms with van der Waals surface area (Å²) in [7, 11) is 0. The number of ether oxygens (including phenoxy) is 1. The fourth-order valence-electron chi connectivity index (χ4n) is 8.26. The van der Waals surface area contributed by atoms with Crippen molar-refractivity contribution in [1.29, 1.82) is 0 Å². The number of unbranched alkanes of at least 4 members (excludes halogenated alkanes) is 2. The summed E-state index contributed by atoms with van der Waals surface area (Å²) in [5.41, 5.74) is 5.06. The van der Waals surface area contributed by atoms with E-state index in [1.54, 1.807) is 29.1 Å². The van der Waals surface area contributed by atoms with E-state index in [4.69, 9.17) is 14.7 Å². The molecule has 6 unspecified atom stereocenters. The van der Waals surface area contributed by atoms with Crippen molar-refractivity contribution in [1.82, 2.24) is 15.0 Å². The lowest BCUT2D eigenvalue weighted by atomic mass is 9.55. The van der Waals surface area contributed by atoms with Crippen molar-refractivity contribution in [2.45, 2.75) is 69.3 Å². The zero-order chi connectivity index (χ0) is 33.8. The number of phenols is 1. The van der Waals surface area contributed by atoms with E-state index in [2.05, 4.69) is 16.4 Å². The number of rotatable bonds is 13. The van der Waals surface area contributed by atoms with Crippen LogP contribution in [0.5, 0.6) is 11.5 Å². The van der Waals surface area contributed by atoms with Gasteiger partial charge in [0.05, 0.1) is 23.5 Å². The normalized spacial score (nSPS) is 26.4. The van der Waals surface area contributed by atoms with Crippen molar-refractivity contribution in [3.63, 3.8) is 0 Å². The molecular formula is C39H44N4O6. The first-order valence-corrected chi connectivity index (χ1v) is 17.4. The van der Waals surface area contributed by atoms with Gasteiger partial charge in [-0.1, -0.05) is 90.0 Å². The first-order chi connectivity index (χ1) is 24.0. The summed E-state index contributed by atoms with van der Waals surface area (Å²) in [5.74, 6) is -1.75. The second-order valence-electron chi connectivity index (χ2n) is 13.4. The lowest BCUT2D eigenvalue weighted by Gasteiger charge is -2.56. The molecule has 0 saturated heterocycles. The number of aromatic hydroxyl groups is 1. The maximum Gasteiger partial charge on any atom is 0.238 e. The van der Waals surface area contributed by atoms with Crippen LogP contribution in [-0.2, 0) is 11.4 Å². The fourth-order valence-corrected chi connectivity index (χ4v) is 8.26. The number of aliphatic hydroxyl groups is 3. The van der Waals surface area contributed by atoms with Crippen molar-refractivity contribution in [3.8, 4) is 22.8 Å². The van der Waals surface area contributed by atoms with E-state index in [9.17, 15) is 20.4 Å². The molecule has 3 aliphatic rings. The van der Waals surface area contributed by atoms with Crippen LogP contribution in [0.4, 0.5) is 0 Å². The number of hydrogen-bond donors (Lipinski definition) is 4. The Kier molecular flexibility index (Phi) is 9.79. The van der Waals surface area contributed by atoms with Gasteiger partial charge in [0.15, 0.2) is 0 Å². The van der Waals surface area contributed by atoms with Gasteiger partial charge in [0.25, 0.3) is 0 Å². The Bertz CT molecular complexity index is 1780. The van der Waals surface area contributed by atoms with Gasteiger partial charge in [0.2, 0.25) is 5.79 Å². The molecule has 1 fully saturated rings. The number of nitrogens with zero attached hydrogens (tertiary/aromatic N) is 4. The number of phenolic OH excluding ortho intramolecular Hbond substituents is 1. The molecule has 10 nitrogen and oxygen atoms in total. The monoisotopic (exact) mass is 664 g/mol. The third kappa shape index (κ3) is 6.48. The summed E-state index contributed by atoms with van der Waals surface area (Å²) >= 11 is 0. The number of allylic oxidation sites excluding steroid dienone is 1. The number of fused-ring (bicyclic) bond motifs is 2. The smallest absolute Gasteiger partial charge is 0.238 e. The highest BCUT2D eigenvalue weighted by molar-refractivity contribution is 6.02. The molecule has 1 aliphatic heterocycles. The lowest BCUT2D eigenvalue weighted by Crippen LogP contribution is -2.62. The van der Waals surface area contributed by atoms with Crippen LogP contribution in [0.15, 0.2) is 102 Å². The Morgan fingerprint density at radius 3 is 2.41 bits per heavy atom. The topological polar surface area (TPSA) is 142 Å². The van der Waals surface area contributed by atoms with Crippen molar-refractivity contribution in [3.05, 3.63) is 108 Å². The Balaban J connectivity index is 1.39. The molecule has 4 N–H and O–H groups in total. The van der Waals surface area contributed by atoms with Crippen molar-refractivity contribution >= 4 is 5.71 Å². The van der Waals surface area contributed by atoms with Crippen LogP contribution in [0.1, 0.15) is 68.0 Å². The van der Waals surface area contributed by atoms with E-state index in [1.165, 1.54) is 0 Å². The third-order valence-corrected chi connectivity index (χ3v) is 10.4. The molecule has 3 aromatic carbocycles. The molecule has 4 aromatic rings. The summed E-state index contributed by atoms with van der Waals surface area (Å²) < 4.78 is 8.48. The molecule has 49 heavy (non-hydrogen) atoms. The average Bonchev–Trinajstić information content (AvgIpc) is 3.61. The van der Waals surface area contributed by atoms with Gasteiger partial charge in [-0.3, -0.25) is 0 Å². The van der Waals surface area contributed by atoms with Crippen LogP contribution in [-0.4, -0.2) is 60.1 Å². The highest BCUT2D eigenvalue weighted by Gasteiger charge is 2.63. The molecule has 2 aliphatic carbocycles. The van der Waals surface area contributed by atoms with Gasteiger partial charge >= 0.3 is 0 Å². The van der Waals surface area contributed by atoms with Gasteiger partial charge in [-0.2, -0.15) is 0 Å². The minimum absolute atomic E-state index is 0.0598. The number of hydrogen-bond acceptors (Lipinski definition) is 9. The van der Waals surface area contributed by atoms with Crippen LogP contribution in [0.2, 0.25) is 0 Å². The Hall–Kier alpha value is -4.51. The van der Waals surface area contributed by atoms with E-state index >= 15 is 0 Å². The molecule has 1 aromatic heterocycles. The molecule has 7 rings (SSSR count). The van der Waals surface area contributed by atoms with E-state index in [1.807, 2.05) is 60.7 Å². The molecule has 256 valence electrons. The Morgan fingerprint density at radius 2 is 1.65 bits per heavy atom. The van der Waals surface area contributed by atoms with Crippen molar-refractivity contribution < 1.29 is 30.0 Å². The zero-order valence-electron chi connectivity index (χ0n) is 27.5. The highest BCUT2D eigenvalue weighted by atomic mass is 16.6. The maximum atomic E-state index is 13.1. The highest BCUT2D eigenvalue weighted by Crippen LogP contribution is 2.62. The SMILES string of the molecule is OCCCCC1C=C2C(=NOCc3ccccc3)CC(n3nncc3-c3ccccc3)C3(O)Oc4ccc(O)cc4C(C1CCCCO)C23. The van der Waals surface area contributed by atoms with Gasteiger partial charge in [-0.15, -0.1) is 5.10 Å². The van der Waals surface area contributed by atoms with Crippen LogP contribution in [0.25, 0.3) is 11.3 Å². The molecule has 0 spiro atoms. The van der Waals surface area contributed by atoms with E-state index in [0.717, 1.165) is 53.6 Å². The average molecular weight is 665 g/mol. The molecule has 0 amide bonds. The molecule has 10 heteroatoms. The first-order valence-electron chi connectivity index (χ1n) is 17.4. The molecule has 6 atom stereocenters. The first kappa shape index (κ1) is 33.0. The third-order valence-electron chi connectivity index (χ3n) is 10.4. The van der Waals surface area contributed by atoms with Crippen molar-refractivity contribution in [2.75, 3.05) is 13.2 Å². The molecule has 2 heterocycles. The summed E-state index contributed by atoms with van der Waals surface area (Å²) in [6, 6.07) is 24.1. The number of benzene rings is 3. The molecular weight excluding hydrogens is 620 g/mol. The zero-order valence-corrected chi connectivity index (χ0v) is 27.5. The van der Waals surface area contributed by atoms with E-state index < -0.39 is 17.7 Å². The maximum absolute atomic E-state index is 13.1. The predicted octanol–water partition coefficient (Wildman–Crippen LogP) is 6.15. The van der Waals surface area contributed by atoms with Gasteiger partial charge < -0.3 is 30.0 Å². The summed E-state index contributed by atoms with van der Waals surface area (Å²) in [5, 5.41) is 56.9. The Labute approximate surface area is 286 Å². The van der Waals surface area contributed by atoms with Gasteiger partial charge in [-0.05, 0) is 66.9 Å². The van der Waals surface area contributed by atoms with E-state index in [-0.39, 0.29) is 49.7 Å². The van der Waals surface area contributed by atoms with E-state index in [0.29, 0.717) is 24.3 Å². The van der Waals surface area contributed by atoms with Gasteiger partial charge in [0.1, 0.15) is 24.1 Å². The summed E-state index contributed by atoms with van der Waals surface area (Å²) in [6.07, 6.45) is 8.89. The molecule has 1 saturated carbocycles. The largest absolute Gasteiger partial charge is 0.508 e. The summed E-state index contributed by atoms with van der Waals surface area (Å²) in [6.45, 7) is 0.516. The quantitative estimate of drug-likeness (QED) is 0.0986. The molecule has 0 bridgehead atoms. The van der Waals surface area contributed by atoms with Crippen LogP contribution < -0.4 is 4.74 Å². The predicted molar refractivity (Wildman–Crippen MR) is 185 cm³/mol. The second kappa shape index (κ2) is 14.5. The number of aliphatic hydroxyl groups excluding tert-OH is 2. The number of aromatic nitrogens is 3. The van der Waals surface area contributed by atoms with Gasteiger partial charge in [0, 0.05) is 36.7 Å².